The van der Waals surface area contributed by atoms with E-state index in [0.717, 1.165) is 17.8 Å². The minimum absolute atomic E-state index is 0.0731. The van der Waals surface area contributed by atoms with Gasteiger partial charge in [0.25, 0.3) is 5.91 Å². The maximum absolute atomic E-state index is 12.3. The van der Waals surface area contributed by atoms with Crippen molar-refractivity contribution in [3.05, 3.63) is 51.7 Å². The van der Waals surface area contributed by atoms with Crippen LogP contribution < -0.4 is 10.2 Å². The van der Waals surface area contributed by atoms with Gasteiger partial charge < -0.3 is 10.2 Å². The molecule has 0 aliphatic rings. The lowest BCUT2D eigenvalue weighted by molar-refractivity contribution is -0.885. The van der Waals surface area contributed by atoms with Crippen LogP contribution in [0.3, 0.4) is 0 Å². The number of aryl methyl sites for hydroxylation is 1. The highest BCUT2D eigenvalue weighted by Gasteiger charge is 2.15. The molecule has 2 N–H and O–H groups in total. The van der Waals surface area contributed by atoms with Crippen molar-refractivity contribution in [1.29, 1.82) is 0 Å². The molecular formula is C18H25N2OS+. The third-order valence-electron chi connectivity index (χ3n) is 3.74. The molecule has 4 heteroatoms. The Morgan fingerprint density at radius 2 is 2.09 bits per heavy atom. The Labute approximate surface area is 137 Å². The first-order chi connectivity index (χ1) is 10.5. The zero-order valence-electron chi connectivity index (χ0n) is 13.8. The van der Waals surface area contributed by atoms with E-state index in [1.165, 1.54) is 16.0 Å². The highest BCUT2D eigenvalue weighted by atomic mass is 32.1. The Hall–Kier alpha value is -1.65. The molecule has 0 fully saturated rings. The maximum Gasteiger partial charge on any atom is 0.279 e. The summed E-state index contributed by atoms with van der Waals surface area (Å²) in [6.45, 7) is 7.70. The van der Waals surface area contributed by atoms with Crippen molar-refractivity contribution < 1.29 is 9.69 Å². The number of carbonyl (C=O) groups is 1. The normalized spacial score (nSPS) is 12.4. The van der Waals surface area contributed by atoms with Gasteiger partial charge in [0.15, 0.2) is 6.54 Å². The van der Waals surface area contributed by atoms with Crippen LogP contribution in [-0.4, -0.2) is 19.5 Å². The number of thiophene rings is 1. The largest absolute Gasteiger partial charge is 0.326 e. The summed E-state index contributed by atoms with van der Waals surface area (Å²) in [6, 6.07) is 8.30. The van der Waals surface area contributed by atoms with Gasteiger partial charge >= 0.3 is 0 Å². The number of carbonyl (C=O) groups excluding carboxylic acids is 1. The van der Waals surface area contributed by atoms with Crippen LogP contribution in [0.5, 0.6) is 0 Å². The highest BCUT2D eigenvalue weighted by Crippen LogP contribution is 2.27. The van der Waals surface area contributed by atoms with Gasteiger partial charge in [-0.3, -0.25) is 4.79 Å². The lowest BCUT2D eigenvalue weighted by atomic mass is 9.98. The number of amides is 1. The molecular weight excluding hydrogens is 292 g/mol. The summed E-state index contributed by atoms with van der Waals surface area (Å²) in [6.07, 6.45) is 0. The van der Waals surface area contributed by atoms with E-state index in [9.17, 15) is 4.79 Å². The lowest BCUT2D eigenvalue weighted by Gasteiger charge is -2.18. The van der Waals surface area contributed by atoms with Gasteiger partial charge in [-0.25, -0.2) is 0 Å². The van der Waals surface area contributed by atoms with Crippen LogP contribution in [0.2, 0.25) is 0 Å². The average molecular weight is 317 g/mol. The number of quaternary nitrogens is 1. The topological polar surface area (TPSA) is 33.5 Å². The molecule has 1 heterocycles. The molecule has 0 radical (unpaired) electrons. The number of para-hydroxylation sites is 1. The van der Waals surface area contributed by atoms with Crippen LogP contribution in [0, 0.1) is 6.92 Å². The molecule has 0 spiro atoms. The first kappa shape index (κ1) is 16.7. The maximum atomic E-state index is 12.3. The van der Waals surface area contributed by atoms with Crippen molar-refractivity contribution in [1.82, 2.24) is 0 Å². The second kappa shape index (κ2) is 7.56. The van der Waals surface area contributed by atoms with Crippen molar-refractivity contribution in [3.8, 4) is 0 Å². The first-order valence-corrected chi connectivity index (χ1v) is 8.63. The van der Waals surface area contributed by atoms with Crippen LogP contribution in [0.4, 0.5) is 5.69 Å². The van der Waals surface area contributed by atoms with Gasteiger partial charge in [0.2, 0.25) is 0 Å². The van der Waals surface area contributed by atoms with Gasteiger partial charge in [-0.05, 0) is 40.8 Å². The molecule has 0 aliphatic carbocycles. The SMILES string of the molecule is Cc1cccc(C(C)C)c1NC(=O)C[NH+](C)Cc1ccsc1. The van der Waals surface area contributed by atoms with E-state index in [1.54, 1.807) is 11.3 Å². The van der Waals surface area contributed by atoms with Gasteiger partial charge in [0.1, 0.15) is 6.54 Å². The molecule has 118 valence electrons. The Morgan fingerprint density at radius 3 is 2.73 bits per heavy atom. The summed E-state index contributed by atoms with van der Waals surface area (Å²) in [5.41, 5.74) is 4.58. The van der Waals surface area contributed by atoms with E-state index in [0.29, 0.717) is 12.5 Å². The molecule has 0 saturated carbocycles. The minimum atomic E-state index is 0.0731. The minimum Gasteiger partial charge on any atom is -0.326 e. The van der Waals surface area contributed by atoms with Gasteiger partial charge in [-0.2, -0.15) is 11.3 Å². The summed E-state index contributed by atoms with van der Waals surface area (Å²) < 4.78 is 0. The van der Waals surface area contributed by atoms with Gasteiger partial charge in [0.05, 0.1) is 7.05 Å². The zero-order valence-corrected chi connectivity index (χ0v) is 14.6. The van der Waals surface area contributed by atoms with Gasteiger partial charge in [-0.15, -0.1) is 0 Å². The fourth-order valence-electron chi connectivity index (χ4n) is 2.60. The van der Waals surface area contributed by atoms with E-state index < -0.39 is 0 Å². The molecule has 1 amide bonds. The molecule has 22 heavy (non-hydrogen) atoms. The number of hydrogen-bond acceptors (Lipinski definition) is 2. The van der Waals surface area contributed by atoms with Crippen LogP contribution >= 0.6 is 11.3 Å². The number of benzene rings is 1. The van der Waals surface area contributed by atoms with E-state index in [1.807, 2.05) is 19.1 Å². The second-order valence-corrected chi connectivity index (χ2v) is 6.96. The Balaban J connectivity index is 2.00. The average Bonchev–Trinajstić information content (AvgIpc) is 2.93. The molecule has 0 saturated heterocycles. The fourth-order valence-corrected chi connectivity index (χ4v) is 3.27. The standard InChI is InChI=1S/C18H24N2OS/c1-13(2)16-7-5-6-14(3)18(16)19-17(21)11-20(4)10-15-8-9-22-12-15/h5-9,12-13H,10-11H2,1-4H3,(H,19,21)/p+1. The molecule has 1 unspecified atom stereocenters. The number of rotatable bonds is 6. The highest BCUT2D eigenvalue weighted by molar-refractivity contribution is 7.07. The van der Waals surface area contributed by atoms with Crippen molar-refractivity contribution >= 4 is 22.9 Å². The van der Waals surface area contributed by atoms with E-state index >= 15 is 0 Å². The third-order valence-corrected chi connectivity index (χ3v) is 4.47. The molecule has 3 nitrogen and oxygen atoms in total. The van der Waals surface area contributed by atoms with Crippen molar-refractivity contribution in [3.63, 3.8) is 0 Å². The van der Waals surface area contributed by atoms with Crippen LogP contribution in [0.25, 0.3) is 0 Å². The zero-order chi connectivity index (χ0) is 16.1. The molecule has 1 aromatic carbocycles. The Bertz CT molecular complexity index is 620. The molecule has 2 aromatic rings. The van der Waals surface area contributed by atoms with Crippen molar-refractivity contribution in [2.24, 2.45) is 0 Å². The summed E-state index contributed by atoms with van der Waals surface area (Å²) in [7, 11) is 2.05. The summed E-state index contributed by atoms with van der Waals surface area (Å²) in [5.74, 6) is 0.468. The number of anilines is 1. The van der Waals surface area contributed by atoms with E-state index in [-0.39, 0.29) is 5.91 Å². The van der Waals surface area contributed by atoms with E-state index in [2.05, 4.69) is 49.1 Å². The molecule has 0 aliphatic heterocycles. The Kier molecular flexibility index (Phi) is 5.75. The summed E-state index contributed by atoms with van der Waals surface area (Å²) in [4.78, 5) is 13.5. The molecule has 1 atom stereocenters. The smallest absolute Gasteiger partial charge is 0.279 e. The number of likely N-dealkylation sites (N-methyl/N-ethyl adjacent to an activating group) is 1. The predicted molar refractivity (Wildman–Crippen MR) is 93.7 cm³/mol. The number of hydrogen-bond donors (Lipinski definition) is 2. The van der Waals surface area contributed by atoms with Crippen molar-refractivity contribution in [2.45, 2.75) is 33.2 Å². The second-order valence-electron chi connectivity index (χ2n) is 6.18. The molecule has 1 aromatic heterocycles. The quantitative estimate of drug-likeness (QED) is 0.844. The molecule has 0 bridgehead atoms. The third kappa shape index (κ3) is 4.42. The number of nitrogens with one attached hydrogen (secondary N) is 2. The summed E-state index contributed by atoms with van der Waals surface area (Å²) >= 11 is 1.70. The predicted octanol–water partition coefficient (Wildman–Crippen LogP) is 2.83. The van der Waals surface area contributed by atoms with Gasteiger partial charge in [-0.1, -0.05) is 32.0 Å². The fraction of sp³-hybridized carbons (Fsp3) is 0.389. The lowest BCUT2D eigenvalue weighted by Crippen LogP contribution is -3.08. The molecule has 2 rings (SSSR count). The van der Waals surface area contributed by atoms with Crippen LogP contribution in [0.15, 0.2) is 35.0 Å². The Morgan fingerprint density at radius 1 is 1.32 bits per heavy atom. The summed E-state index contributed by atoms with van der Waals surface area (Å²) in [5, 5.41) is 7.33. The monoisotopic (exact) mass is 317 g/mol. The van der Waals surface area contributed by atoms with Gasteiger partial charge in [0, 0.05) is 11.3 Å². The van der Waals surface area contributed by atoms with E-state index in [4.69, 9.17) is 0 Å². The van der Waals surface area contributed by atoms with Crippen molar-refractivity contribution in [2.75, 3.05) is 18.9 Å². The first-order valence-electron chi connectivity index (χ1n) is 7.69. The van der Waals surface area contributed by atoms with Crippen LogP contribution in [0.1, 0.15) is 36.5 Å². The van der Waals surface area contributed by atoms with Crippen LogP contribution in [-0.2, 0) is 11.3 Å².